The fraction of sp³-hybridized carbons (Fsp3) is 0.350. The van der Waals surface area contributed by atoms with Crippen molar-refractivity contribution in [3.8, 4) is 0 Å². The third kappa shape index (κ3) is 2.53. The third-order valence-electron chi connectivity index (χ3n) is 5.13. The fourth-order valence-corrected chi connectivity index (χ4v) is 3.92. The molecule has 1 unspecified atom stereocenters. The minimum Gasteiger partial charge on any atom is -0.477 e. The molecule has 0 spiro atoms. The number of benzene rings is 1. The number of Topliss-reactive ketones (excluding diaryl/α,β-unsaturated/α-hetero) is 1. The van der Waals surface area contributed by atoms with Crippen molar-refractivity contribution in [1.82, 2.24) is 9.78 Å². The smallest absolute Gasteiger partial charge is 0.341 e. The first-order valence-electron chi connectivity index (χ1n) is 8.67. The van der Waals surface area contributed by atoms with Crippen LogP contribution in [0.4, 0.5) is 5.82 Å². The fourth-order valence-electron chi connectivity index (χ4n) is 3.92. The van der Waals surface area contributed by atoms with Gasteiger partial charge in [0.2, 0.25) is 0 Å². The maximum Gasteiger partial charge on any atom is 0.341 e. The first-order chi connectivity index (χ1) is 12.3. The molecule has 2 heterocycles. The summed E-state index contributed by atoms with van der Waals surface area (Å²) in [5, 5.41) is 17.0. The molecule has 2 N–H and O–H groups in total. The number of hydrogen-bond donors (Lipinski definition) is 2. The van der Waals surface area contributed by atoms with Crippen LogP contribution in [0.25, 0.3) is 0 Å². The Balaban J connectivity index is 1.94. The van der Waals surface area contributed by atoms with Gasteiger partial charge in [0, 0.05) is 17.7 Å². The van der Waals surface area contributed by atoms with Crippen molar-refractivity contribution < 1.29 is 14.7 Å². The number of allylic oxidation sites excluding steroid dienone is 2. The Morgan fingerprint density at radius 1 is 1.27 bits per heavy atom. The summed E-state index contributed by atoms with van der Waals surface area (Å²) in [4.78, 5) is 24.6. The number of aromatic nitrogens is 2. The summed E-state index contributed by atoms with van der Waals surface area (Å²) in [5.41, 5.74) is 3.52. The topological polar surface area (TPSA) is 84.2 Å². The Hall–Kier alpha value is -2.89. The average Bonchev–Trinajstić information content (AvgIpc) is 2.96. The summed E-state index contributed by atoms with van der Waals surface area (Å²) >= 11 is 0. The molecule has 4 rings (SSSR count). The molecule has 26 heavy (non-hydrogen) atoms. The van der Waals surface area contributed by atoms with Gasteiger partial charge in [0.1, 0.15) is 17.4 Å². The number of aromatic carboxylic acids is 1. The summed E-state index contributed by atoms with van der Waals surface area (Å²) in [7, 11) is 0. The highest BCUT2D eigenvalue weighted by Gasteiger charge is 2.42. The molecule has 0 amide bonds. The Labute approximate surface area is 151 Å². The van der Waals surface area contributed by atoms with E-state index in [2.05, 4.69) is 24.3 Å². The van der Waals surface area contributed by atoms with Gasteiger partial charge >= 0.3 is 5.97 Å². The minimum absolute atomic E-state index is 0.0901. The van der Waals surface area contributed by atoms with Crippen LogP contribution in [0.3, 0.4) is 0 Å². The lowest BCUT2D eigenvalue weighted by Gasteiger charge is -2.39. The van der Waals surface area contributed by atoms with Gasteiger partial charge in [0.25, 0.3) is 0 Å². The molecule has 0 bridgehead atoms. The van der Waals surface area contributed by atoms with E-state index >= 15 is 0 Å². The SMILES string of the molecule is Cc1ccc(C2C3=C(CC(C)(C)CC3=O)Nc3c(C(=O)O)cnn32)cc1. The molecule has 1 aliphatic carbocycles. The van der Waals surface area contributed by atoms with Crippen molar-refractivity contribution >= 4 is 17.6 Å². The summed E-state index contributed by atoms with van der Waals surface area (Å²) in [5.74, 6) is -0.508. The Morgan fingerprint density at radius 3 is 2.62 bits per heavy atom. The van der Waals surface area contributed by atoms with E-state index in [1.165, 1.54) is 6.20 Å². The van der Waals surface area contributed by atoms with Gasteiger partial charge in [-0.1, -0.05) is 43.7 Å². The number of aryl methyl sites for hydroxylation is 1. The van der Waals surface area contributed by atoms with Crippen LogP contribution in [-0.2, 0) is 4.79 Å². The van der Waals surface area contributed by atoms with Gasteiger partial charge in [-0.2, -0.15) is 5.10 Å². The molecule has 1 aromatic heterocycles. The van der Waals surface area contributed by atoms with E-state index in [0.29, 0.717) is 24.2 Å². The molecule has 0 radical (unpaired) electrons. The van der Waals surface area contributed by atoms with Crippen molar-refractivity contribution in [1.29, 1.82) is 0 Å². The van der Waals surface area contributed by atoms with Crippen molar-refractivity contribution in [2.45, 2.75) is 39.7 Å². The zero-order valence-corrected chi connectivity index (χ0v) is 15.0. The highest BCUT2D eigenvalue weighted by atomic mass is 16.4. The van der Waals surface area contributed by atoms with Crippen LogP contribution < -0.4 is 5.32 Å². The monoisotopic (exact) mass is 351 g/mol. The van der Waals surface area contributed by atoms with Gasteiger partial charge in [0.15, 0.2) is 5.78 Å². The number of nitrogens with one attached hydrogen (secondary N) is 1. The van der Waals surface area contributed by atoms with Crippen LogP contribution >= 0.6 is 0 Å². The van der Waals surface area contributed by atoms with Crippen molar-refractivity contribution in [3.05, 3.63) is 58.4 Å². The van der Waals surface area contributed by atoms with E-state index in [1.807, 2.05) is 31.2 Å². The molecule has 1 aliphatic heterocycles. The van der Waals surface area contributed by atoms with Crippen molar-refractivity contribution in [3.63, 3.8) is 0 Å². The molecule has 0 fully saturated rings. The van der Waals surface area contributed by atoms with E-state index in [9.17, 15) is 14.7 Å². The van der Waals surface area contributed by atoms with Gasteiger partial charge in [-0.05, 0) is 24.3 Å². The number of anilines is 1. The molecule has 2 aliphatic rings. The highest BCUT2D eigenvalue weighted by molar-refractivity contribution is 6.01. The van der Waals surface area contributed by atoms with Crippen LogP contribution in [-0.4, -0.2) is 26.6 Å². The van der Waals surface area contributed by atoms with Crippen LogP contribution in [0.15, 0.2) is 41.7 Å². The molecular formula is C20H21N3O3. The number of carbonyl (C=O) groups excluding carboxylic acids is 1. The Morgan fingerprint density at radius 2 is 1.96 bits per heavy atom. The lowest BCUT2D eigenvalue weighted by Crippen LogP contribution is -2.36. The Bertz CT molecular complexity index is 951. The largest absolute Gasteiger partial charge is 0.477 e. The van der Waals surface area contributed by atoms with Gasteiger partial charge in [0.05, 0.1) is 6.20 Å². The first kappa shape index (κ1) is 16.6. The molecule has 1 aromatic carbocycles. The second kappa shape index (κ2) is 5.56. The maximum atomic E-state index is 13.0. The summed E-state index contributed by atoms with van der Waals surface area (Å²) < 4.78 is 1.63. The molecule has 0 saturated carbocycles. The number of rotatable bonds is 2. The lowest BCUT2D eigenvalue weighted by atomic mass is 9.73. The summed E-state index contributed by atoms with van der Waals surface area (Å²) in [6.07, 6.45) is 2.51. The quantitative estimate of drug-likeness (QED) is 0.864. The number of carboxylic acids is 1. The number of nitrogens with zero attached hydrogens (tertiary/aromatic N) is 2. The zero-order valence-electron chi connectivity index (χ0n) is 15.0. The van der Waals surface area contributed by atoms with E-state index in [1.54, 1.807) is 4.68 Å². The van der Waals surface area contributed by atoms with Gasteiger partial charge in [-0.25, -0.2) is 9.48 Å². The number of ketones is 1. The lowest BCUT2D eigenvalue weighted by molar-refractivity contribution is -0.118. The number of fused-ring (bicyclic) bond motifs is 1. The summed E-state index contributed by atoms with van der Waals surface area (Å²) in [6.45, 7) is 6.12. The second-order valence-corrected chi connectivity index (χ2v) is 7.93. The number of carboxylic acid groups (broad SMARTS) is 1. The zero-order chi connectivity index (χ0) is 18.6. The first-order valence-corrected chi connectivity index (χ1v) is 8.67. The predicted molar refractivity (Wildman–Crippen MR) is 97.2 cm³/mol. The molecule has 6 nitrogen and oxygen atoms in total. The van der Waals surface area contributed by atoms with E-state index < -0.39 is 12.0 Å². The van der Waals surface area contributed by atoms with Crippen LogP contribution in [0.1, 0.15) is 54.2 Å². The van der Waals surface area contributed by atoms with Crippen LogP contribution in [0.2, 0.25) is 0 Å². The van der Waals surface area contributed by atoms with Gasteiger partial charge < -0.3 is 10.4 Å². The Kier molecular flexibility index (Phi) is 3.54. The maximum absolute atomic E-state index is 13.0. The molecule has 0 saturated heterocycles. The van der Waals surface area contributed by atoms with Crippen molar-refractivity contribution in [2.75, 3.05) is 5.32 Å². The number of carbonyl (C=O) groups is 2. The molecular weight excluding hydrogens is 330 g/mol. The second-order valence-electron chi connectivity index (χ2n) is 7.93. The van der Waals surface area contributed by atoms with Crippen molar-refractivity contribution in [2.24, 2.45) is 5.41 Å². The summed E-state index contributed by atoms with van der Waals surface area (Å²) in [6, 6.07) is 7.55. The third-order valence-corrected chi connectivity index (χ3v) is 5.13. The highest BCUT2D eigenvalue weighted by Crippen LogP contribution is 2.46. The van der Waals surface area contributed by atoms with E-state index in [0.717, 1.165) is 16.8 Å². The van der Waals surface area contributed by atoms with E-state index in [4.69, 9.17) is 0 Å². The van der Waals surface area contributed by atoms with Crippen LogP contribution in [0.5, 0.6) is 0 Å². The van der Waals surface area contributed by atoms with Gasteiger partial charge in [-0.15, -0.1) is 0 Å². The molecule has 2 aromatic rings. The average molecular weight is 351 g/mol. The number of hydrogen-bond acceptors (Lipinski definition) is 4. The predicted octanol–water partition coefficient (Wildman–Crippen LogP) is 3.55. The standard InChI is InChI=1S/C20H21N3O3/c1-11-4-6-12(7-5-11)17-16-14(8-20(2,3)9-15(16)24)22-18-13(19(25)26)10-21-23(17)18/h4-7,10,17,22H,8-9H2,1-3H3,(H,25,26). The van der Waals surface area contributed by atoms with E-state index in [-0.39, 0.29) is 16.8 Å². The van der Waals surface area contributed by atoms with Crippen LogP contribution in [0, 0.1) is 12.3 Å². The molecule has 6 heteroatoms. The normalized spacial score (nSPS) is 21.0. The minimum atomic E-state index is -1.04. The van der Waals surface area contributed by atoms with Gasteiger partial charge in [-0.3, -0.25) is 4.79 Å². The molecule has 134 valence electrons. The molecule has 1 atom stereocenters.